The summed E-state index contributed by atoms with van der Waals surface area (Å²) in [4.78, 5) is 16.6. The number of H-pyrrole nitrogens is 2. The van der Waals surface area contributed by atoms with Crippen LogP contribution in [-0.2, 0) is 0 Å². The molecular formula is C11H13N3OS. The van der Waals surface area contributed by atoms with Crippen LogP contribution in [-0.4, -0.2) is 27.5 Å². The van der Waals surface area contributed by atoms with Crippen LogP contribution in [0, 0.1) is 0 Å². The molecule has 84 valence electrons. The van der Waals surface area contributed by atoms with E-state index in [-0.39, 0.29) is 5.69 Å². The molecule has 2 aromatic rings. The largest absolute Gasteiger partial charge is 0.381 e. The maximum Gasteiger partial charge on any atom is 0.323 e. The number of thioether (sulfide) groups is 1. The van der Waals surface area contributed by atoms with E-state index >= 15 is 0 Å². The van der Waals surface area contributed by atoms with Crippen molar-refractivity contribution in [3.05, 3.63) is 28.7 Å². The molecule has 4 nitrogen and oxygen atoms in total. The highest BCUT2D eigenvalue weighted by Crippen LogP contribution is 2.22. The minimum Gasteiger partial charge on any atom is -0.381 e. The van der Waals surface area contributed by atoms with Crippen LogP contribution in [0.3, 0.4) is 0 Å². The zero-order chi connectivity index (χ0) is 11.0. The molecule has 1 saturated heterocycles. The zero-order valence-electron chi connectivity index (χ0n) is 8.75. The fourth-order valence-electron chi connectivity index (χ4n) is 2.01. The molecule has 3 N–H and O–H groups in total. The van der Waals surface area contributed by atoms with E-state index in [1.165, 1.54) is 17.9 Å². The van der Waals surface area contributed by atoms with Crippen LogP contribution in [0.25, 0.3) is 11.0 Å². The van der Waals surface area contributed by atoms with Crippen molar-refractivity contribution in [2.24, 2.45) is 0 Å². The fraction of sp³-hybridized carbons (Fsp3) is 0.364. The first-order valence-corrected chi connectivity index (χ1v) is 6.53. The van der Waals surface area contributed by atoms with Gasteiger partial charge in [-0.15, -0.1) is 0 Å². The smallest absolute Gasteiger partial charge is 0.323 e. The second-order valence-corrected chi connectivity index (χ2v) is 5.19. The van der Waals surface area contributed by atoms with Crippen LogP contribution in [0.5, 0.6) is 0 Å². The Morgan fingerprint density at radius 3 is 3.00 bits per heavy atom. The Morgan fingerprint density at radius 2 is 2.19 bits per heavy atom. The molecule has 1 unspecified atom stereocenters. The molecule has 0 amide bonds. The summed E-state index contributed by atoms with van der Waals surface area (Å²) < 4.78 is 0. The van der Waals surface area contributed by atoms with Crippen LogP contribution in [0.1, 0.15) is 6.42 Å². The molecule has 0 saturated carbocycles. The summed E-state index contributed by atoms with van der Waals surface area (Å²) in [5.74, 6) is 2.41. The fourth-order valence-corrected chi connectivity index (χ4v) is 3.16. The molecule has 0 radical (unpaired) electrons. The molecule has 1 atom stereocenters. The lowest BCUT2D eigenvalue weighted by Crippen LogP contribution is -2.17. The lowest BCUT2D eigenvalue weighted by atomic mass is 10.2. The highest BCUT2D eigenvalue weighted by atomic mass is 32.2. The molecule has 1 aromatic carbocycles. The number of rotatable bonds is 2. The molecule has 1 fully saturated rings. The van der Waals surface area contributed by atoms with Crippen LogP contribution in [0.15, 0.2) is 23.0 Å². The highest BCUT2D eigenvalue weighted by molar-refractivity contribution is 7.99. The predicted octanol–water partition coefficient (Wildman–Crippen LogP) is 1.77. The van der Waals surface area contributed by atoms with Gasteiger partial charge in [0, 0.05) is 17.5 Å². The van der Waals surface area contributed by atoms with Crippen molar-refractivity contribution < 1.29 is 0 Å². The van der Waals surface area contributed by atoms with Crippen molar-refractivity contribution in [2.75, 3.05) is 16.8 Å². The van der Waals surface area contributed by atoms with Crippen molar-refractivity contribution >= 4 is 28.5 Å². The molecule has 2 heterocycles. The number of aromatic amines is 2. The summed E-state index contributed by atoms with van der Waals surface area (Å²) in [6.07, 6.45) is 1.21. The first-order valence-electron chi connectivity index (χ1n) is 5.37. The number of anilines is 1. The number of nitrogens with one attached hydrogen (secondary N) is 3. The normalized spacial score (nSPS) is 20.4. The van der Waals surface area contributed by atoms with Gasteiger partial charge in [0.05, 0.1) is 11.0 Å². The number of benzene rings is 1. The average molecular weight is 235 g/mol. The molecule has 0 spiro atoms. The van der Waals surface area contributed by atoms with Crippen LogP contribution in [0.2, 0.25) is 0 Å². The minimum atomic E-state index is -0.149. The van der Waals surface area contributed by atoms with Gasteiger partial charge in [-0.25, -0.2) is 4.79 Å². The first kappa shape index (κ1) is 9.84. The van der Waals surface area contributed by atoms with E-state index in [0.29, 0.717) is 6.04 Å². The summed E-state index contributed by atoms with van der Waals surface area (Å²) in [5.41, 5.74) is 2.65. The van der Waals surface area contributed by atoms with Gasteiger partial charge >= 0.3 is 5.69 Å². The standard InChI is InChI=1S/C11H13N3OS/c15-11-13-9-2-1-7(5-10(9)14-11)12-8-3-4-16-6-8/h1-2,5,8,12H,3-4,6H2,(H2,13,14,15). The number of hydrogen-bond donors (Lipinski definition) is 3. The Labute approximate surface area is 96.8 Å². The van der Waals surface area contributed by atoms with Crippen molar-refractivity contribution in [1.29, 1.82) is 0 Å². The zero-order valence-corrected chi connectivity index (χ0v) is 9.56. The van der Waals surface area contributed by atoms with Crippen LogP contribution in [0.4, 0.5) is 5.69 Å². The van der Waals surface area contributed by atoms with Gasteiger partial charge in [0.2, 0.25) is 0 Å². The summed E-state index contributed by atoms with van der Waals surface area (Å²) in [5, 5.41) is 3.49. The number of imidazole rings is 1. The number of hydrogen-bond acceptors (Lipinski definition) is 3. The van der Waals surface area contributed by atoms with Crippen molar-refractivity contribution in [2.45, 2.75) is 12.5 Å². The minimum absolute atomic E-state index is 0.149. The van der Waals surface area contributed by atoms with Gasteiger partial charge in [-0.2, -0.15) is 11.8 Å². The van der Waals surface area contributed by atoms with E-state index in [1.807, 2.05) is 30.0 Å². The Hall–Kier alpha value is -1.36. The third kappa shape index (κ3) is 1.82. The SMILES string of the molecule is O=c1[nH]c2ccc(NC3CCSC3)cc2[nH]1. The third-order valence-electron chi connectivity index (χ3n) is 2.82. The summed E-state index contributed by atoms with van der Waals surface area (Å²) in [6.45, 7) is 0. The van der Waals surface area contributed by atoms with E-state index in [0.717, 1.165) is 16.7 Å². The first-order chi connectivity index (χ1) is 7.81. The van der Waals surface area contributed by atoms with Crippen LogP contribution >= 0.6 is 11.8 Å². The molecule has 0 aliphatic carbocycles. The molecule has 1 aliphatic rings. The van der Waals surface area contributed by atoms with Crippen LogP contribution < -0.4 is 11.0 Å². The highest BCUT2D eigenvalue weighted by Gasteiger charge is 2.14. The predicted molar refractivity (Wildman–Crippen MR) is 68.3 cm³/mol. The van der Waals surface area contributed by atoms with E-state index in [4.69, 9.17) is 0 Å². The number of aromatic nitrogens is 2. The number of fused-ring (bicyclic) bond motifs is 1. The van der Waals surface area contributed by atoms with E-state index < -0.39 is 0 Å². The Balaban J connectivity index is 1.89. The van der Waals surface area contributed by atoms with Crippen molar-refractivity contribution in [3.8, 4) is 0 Å². The van der Waals surface area contributed by atoms with Gasteiger partial charge in [-0.1, -0.05) is 0 Å². The molecule has 3 rings (SSSR count). The molecule has 5 heteroatoms. The second-order valence-electron chi connectivity index (χ2n) is 4.04. The topological polar surface area (TPSA) is 60.7 Å². The second kappa shape index (κ2) is 3.90. The van der Waals surface area contributed by atoms with Crippen molar-refractivity contribution in [3.63, 3.8) is 0 Å². The Kier molecular flexibility index (Phi) is 2.40. The van der Waals surface area contributed by atoms with Gasteiger partial charge in [-0.3, -0.25) is 0 Å². The van der Waals surface area contributed by atoms with Crippen molar-refractivity contribution in [1.82, 2.24) is 9.97 Å². The van der Waals surface area contributed by atoms with Gasteiger partial charge < -0.3 is 15.3 Å². The lowest BCUT2D eigenvalue weighted by Gasteiger charge is -2.12. The summed E-state index contributed by atoms with van der Waals surface area (Å²) >= 11 is 1.98. The molecule has 0 bridgehead atoms. The van der Waals surface area contributed by atoms with E-state index in [1.54, 1.807) is 0 Å². The Morgan fingerprint density at radius 1 is 1.31 bits per heavy atom. The summed E-state index contributed by atoms with van der Waals surface area (Å²) in [6, 6.07) is 6.48. The maximum atomic E-state index is 11.1. The molecule has 1 aromatic heterocycles. The molecule has 1 aliphatic heterocycles. The summed E-state index contributed by atoms with van der Waals surface area (Å²) in [7, 11) is 0. The van der Waals surface area contributed by atoms with E-state index in [2.05, 4.69) is 15.3 Å². The maximum absolute atomic E-state index is 11.1. The van der Waals surface area contributed by atoms with E-state index in [9.17, 15) is 4.79 Å². The molecular weight excluding hydrogens is 222 g/mol. The Bertz CT molecular complexity index is 554. The monoisotopic (exact) mass is 235 g/mol. The van der Waals surface area contributed by atoms with Gasteiger partial charge in [0.15, 0.2) is 0 Å². The quantitative estimate of drug-likeness (QED) is 0.743. The lowest BCUT2D eigenvalue weighted by molar-refractivity contribution is 0.813. The third-order valence-corrected chi connectivity index (χ3v) is 3.98. The average Bonchev–Trinajstić information content (AvgIpc) is 2.85. The van der Waals surface area contributed by atoms with Gasteiger partial charge in [0.1, 0.15) is 0 Å². The van der Waals surface area contributed by atoms with Gasteiger partial charge in [0.25, 0.3) is 0 Å². The molecule has 16 heavy (non-hydrogen) atoms. The van der Waals surface area contributed by atoms with Gasteiger partial charge in [-0.05, 0) is 30.4 Å².